The van der Waals surface area contributed by atoms with Crippen LogP contribution in [0, 0.1) is 11.6 Å². The van der Waals surface area contributed by atoms with Crippen LogP contribution in [0.4, 0.5) is 14.5 Å². The van der Waals surface area contributed by atoms with Crippen molar-refractivity contribution < 1.29 is 17.2 Å². The van der Waals surface area contributed by atoms with Gasteiger partial charge in [-0.2, -0.15) is 0 Å². The fourth-order valence-electron chi connectivity index (χ4n) is 2.55. The Morgan fingerprint density at radius 1 is 1.08 bits per heavy atom. The topological polar surface area (TPSA) is 63.5 Å². The van der Waals surface area contributed by atoms with Crippen LogP contribution in [0.1, 0.15) is 0 Å². The number of rotatable bonds is 4. The normalized spacial score (nSPS) is 11.8. The maximum Gasteiger partial charge on any atom is 0.267 e. The number of benzene rings is 2. The van der Waals surface area contributed by atoms with Gasteiger partial charge >= 0.3 is 0 Å². The van der Waals surface area contributed by atoms with Crippen LogP contribution in [0.3, 0.4) is 0 Å². The van der Waals surface area contributed by atoms with E-state index in [1.807, 2.05) is 22.2 Å². The number of thiazole rings is 1. The molecule has 4 aromatic rings. The van der Waals surface area contributed by atoms with E-state index in [4.69, 9.17) is 0 Å². The molecule has 0 aliphatic rings. The number of nitrogens with zero attached hydrogens (tertiary/aromatic N) is 2. The lowest BCUT2D eigenvalue weighted by Crippen LogP contribution is -2.16. The molecule has 2 aromatic carbocycles. The Morgan fingerprint density at radius 2 is 1.81 bits per heavy atom. The zero-order valence-electron chi connectivity index (χ0n) is 13.1. The first-order valence-corrected chi connectivity index (χ1v) is 9.80. The summed E-state index contributed by atoms with van der Waals surface area (Å²) in [5, 5.41) is 1.90. The number of hydrogen-bond acceptors (Lipinski definition) is 4. The molecule has 0 saturated carbocycles. The fraction of sp³-hybridized carbons (Fsp3) is 0. The summed E-state index contributed by atoms with van der Waals surface area (Å²) in [4.78, 5) is 4.25. The number of halogens is 2. The van der Waals surface area contributed by atoms with E-state index in [1.54, 1.807) is 18.2 Å². The van der Waals surface area contributed by atoms with E-state index < -0.39 is 26.6 Å². The summed E-state index contributed by atoms with van der Waals surface area (Å²) in [5.74, 6) is -2.30. The highest BCUT2D eigenvalue weighted by Crippen LogP contribution is 2.26. The Hall–Kier alpha value is -2.78. The Kier molecular flexibility index (Phi) is 3.97. The van der Waals surface area contributed by atoms with Crippen LogP contribution in [0.5, 0.6) is 0 Å². The quantitative estimate of drug-likeness (QED) is 0.569. The molecule has 0 amide bonds. The number of aromatic nitrogens is 2. The summed E-state index contributed by atoms with van der Waals surface area (Å²) >= 11 is 1.47. The molecule has 0 saturated heterocycles. The van der Waals surface area contributed by atoms with Gasteiger partial charge in [-0.25, -0.2) is 22.2 Å². The van der Waals surface area contributed by atoms with E-state index in [9.17, 15) is 17.2 Å². The van der Waals surface area contributed by atoms with Gasteiger partial charge in [0.2, 0.25) is 0 Å². The SMILES string of the molecule is O=S(=O)(Nc1cccc(-c2cn3ccsc3n2)c1)c1c(F)cccc1F. The second-order valence-corrected chi connectivity index (χ2v) is 7.95. The van der Waals surface area contributed by atoms with Crippen molar-refractivity contribution in [2.45, 2.75) is 4.90 Å². The van der Waals surface area contributed by atoms with Gasteiger partial charge in [-0.15, -0.1) is 11.3 Å². The molecule has 0 radical (unpaired) electrons. The van der Waals surface area contributed by atoms with E-state index >= 15 is 0 Å². The van der Waals surface area contributed by atoms with Crippen molar-refractivity contribution in [3.63, 3.8) is 0 Å². The Balaban J connectivity index is 1.70. The third-order valence-electron chi connectivity index (χ3n) is 3.69. The summed E-state index contributed by atoms with van der Waals surface area (Å²) in [6, 6.07) is 9.36. The zero-order valence-corrected chi connectivity index (χ0v) is 14.7. The number of sulfonamides is 1. The average Bonchev–Trinajstić information content (AvgIpc) is 3.15. The smallest absolute Gasteiger partial charge is 0.267 e. The Bertz CT molecular complexity index is 1170. The predicted molar refractivity (Wildman–Crippen MR) is 95.7 cm³/mol. The van der Waals surface area contributed by atoms with Crippen molar-refractivity contribution in [2.24, 2.45) is 0 Å². The number of fused-ring (bicyclic) bond motifs is 1. The van der Waals surface area contributed by atoms with Crippen molar-refractivity contribution in [1.82, 2.24) is 9.38 Å². The van der Waals surface area contributed by atoms with Gasteiger partial charge in [-0.3, -0.25) is 9.12 Å². The van der Waals surface area contributed by atoms with Crippen molar-refractivity contribution in [1.29, 1.82) is 0 Å². The van der Waals surface area contributed by atoms with E-state index in [-0.39, 0.29) is 5.69 Å². The number of nitrogens with one attached hydrogen (secondary N) is 1. The molecule has 1 N–H and O–H groups in total. The van der Waals surface area contributed by atoms with Gasteiger partial charge in [0.1, 0.15) is 11.6 Å². The summed E-state index contributed by atoms with van der Waals surface area (Å²) in [6.45, 7) is 0. The van der Waals surface area contributed by atoms with E-state index in [2.05, 4.69) is 9.71 Å². The van der Waals surface area contributed by atoms with Crippen LogP contribution in [0.25, 0.3) is 16.2 Å². The lowest BCUT2D eigenvalue weighted by atomic mass is 10.1. The second-order valence-electron chi connectivity index (χ2n) is 5.46. The first-order valence-electron chi connectivity index (χ1n) is 7.43. The molecule has 132 valence electrons. The minimum atomic E-state index is -4.41. The third-order valence-corrected chi connectivity index (χ3v) is 5.89. The zero-order chi connectivity index (χ0) is 18.3. The minimum Gasteiger partial charge on any atom is -0.297 e. The standard InChI is InChI=1S/C17H11F2N3O2S2/c18-13-5-2-6-14(19)16(13)26(23,24)21-12-4-1-3-11(9-12)15-10-22-7-8-25-17(22)20-15/h1-10,21H. The largest absolute Gasteiger partial charge is 0.297 e. The van der Waals surface area contributed by atoms with Gasteiger partial charge < -0.3 is 0 Å². The highest BCUT2D eigenvalue weighted by molar-refractivity contribution is 7.92. The van der Waals surface area contributed by atoms with Crippen molar-refractivity contribution in [2.75, 3.05) is 4.72 Å². The molecular weight excluding hydrogens is 380 g/mol. The van der Waals surface area contributed by atoms with Gasteiger partial charge in [0.25, 0.3) is 10.0 Å². The maximum absolute atomic E-state index is 13.8. The Morgan fingerprint density at radius 3 is 2.54 bits per heavy atom. The Labute approximate surface area is 151 Å². The molecule has 0 bridgehead atoms. The van der Waals surface area contributed by atoms with Crippen molar-refractivity contribution in [3.8, 4) is 11.3 Å². The molecule has 5 nitrogen and oxygen atoms in total. The summed E-state index contributed by atoms with van der Waals surface area (Å²) in [5.41, 5.74) is 1.52. The molecule has 9 heteroatoms. The van der Waals surface area contributed by atoms with Gasteiger partial charge in [0.15, 0.2) is 9.86 Å². The third kappa shape index (κ3) is 2.95. The summed E-state index contributed by atoms with van der Waals surface area (Å²) in [7, 11) is -4.41. The van der Waals surface area contributed by atoms with E-state index in [1.165, 1.54) is 17.4 Å². The molecule has 2 heterocycles. The van der Waals surface area contributed by atoms with Crippen LogP contribution in [0.15, 0.2) is 65.1 Å². The van der Waals surface area contributed by atoms with Crippen LogP contribution in [-0.4, -0.2) is 17.8 Å². The molecule has 0 atom stereocenters. The molecule has 0 aliphatic carbocycles. The average molecular weight is 391 g/mol. The van der Waals surface area contributed by atoms with Gasteiger partial charge in [-0.05, 0) is 24.3 Å². The number of anilines is 1. The van der Waals surface area contributed by atoms with Gasteiger partial charge in [-0.1, -0.05) is 18.2 Å². The van der Waals surface area contributed by atoms with Crippen LogP contribution in [0.2, 0.25) is 0 Å². The number of hydrogen-bond donors (Lipinski definition) is 1. The molecule has 0 unspecified atom stereocenters. The molecule has 2 aromatic heterocycles. The highest BCUT2D eigenvalue weighted by atomic mass is 32.2. The lowest BCUT2D eigenvalue weighted by Gasteiger charge is -2.10. The summed E-state index contributed by atoms with van der Waals surface area (Å²) in [6.07, 6.45) is 3.68. The molecule has 0 aliphatic heterocycles. The van der Waals surface area contributed by atoms with Crippen LogP contribution < -0.4 is 4.72 Å². The minimum absolute atomic E-state index is 0.182. The molecule has 0 fully saturated rings. The molecular formula is C17H11F2N3O2S2. The first-order chi connectivity index (χ1) is 12.4. The van der Waals surface area contributed by atoms with Crippen molar-refractivity contribution >= 4 is 32.0 Å². The monoisotopic (exact) mass is 391 g/mol. The predicted octanol–water partition coefficient (Wildman–Crippen LogP) is 4.14. The molecule has 0 spiro atoms. The first kappa shape index (κ1) is 16.7. The molecule has 4 rings (SSSR count). The number of imidazole rings is 1. The van der Waals surface area contributed by atoms with Gasteiger partial charge in [0, 0.05) is 29.0 Å². The highest BCUT2D eigenvalue weighted by Gasteiger charge is 2.24. The maximum atomic E-state index is 13.8. The summed E-state index contributed by atoms with van der Waals surface area (Å²) < 4.78 is 56.4. The van der Waals surface area contributed by atoms with E-state index in [0.717, 1.165) is 23.2 Å². The fourth-order valence-corrected chi connectivity index (χ4v) is 4.44. The van der Waals surface area contributed by atoms with Crippen LogP contribution in [-0.2, 0) is 10.0 Å². The van der Waals surface area contributed by atoms with Crippen molar-refractivity contribution in [3.05, 3.63) is 71.9 Å². The molecule has 26 heavy (non-hydrogen) atoms. The second kappa shape index (κ2) is 6.19. The van der Waals surface area contributed by atoms with Crippen LogP contribution >= 0.6 is 11.3 Å². The van der Waals surface area contributed by atoms with Gasteiger partial charge in [0.05, 0.1) is 5.69 Å². The lowest BCUT2D eigenvalue weighted by molar-refractivity contribution is 0.521. The van der Waals surface area contributed by atoms with E-state index in [0.29, 0.717) is 11.3 Å².